The zero-order valence-corrected chi connectivity index (χ0v) is 20.2. The highest BCUT2D eigenvalue weighted by Gasteiger charge is 2.41. The Balaban J connectivity index is 2.04. The number of rotatable bonds is 7. The van der Waals surface area contributed by atoms with Crippen LogP contribution in [0.2, 0.25) is 0 Å². The molecule has 0 fully saturated rings. The van der Waals surface area contributed by atoms with E-state index in [1.165, 1.54) is 48.5 Å². The standard InChI is InChI=1S/C23H18N2O6S3/c1-31-23(26)20-22(32-21(24-20)17-11-5-2-6-12-17)25(33(27,28)18-13-7-3-8-14-18)34(29,30)19-15-9-4-10-16-19/h2-16H,1H3. The van der Waals surface area contributed by atoms with E-state index in [-0.39, 0.29) is 18.5 Å². The second-order valence-corrected chi connectivity index (χ2v) is 11.6. The Morgan fingerprint density at radius 2 is 1.21 bits per heavy atom. The summed E-state index contributed by atoms with van der Waals surface area (Å²) >= 11 is 0.763. The summed E-state index contributed by atoms with van der Waals surface area (Å²) in [7, 11) is -8.26. The number of sulfonamides is 2. The minimum absolute atomic E-state index is 0.257. The minimum atomic E-state index is -4.69. The van der Waals surface area contributed by atoms with E-state index in [0.717, 1.165) is 18.4 Å². The highest BCUT2D eigenvalue weighted by molar-refractivity contribution is 8.10. The lowest BCUT2D eigenvalue weighted by Gasteiger charge is -2.23. The van der Waals surface area contributed by atoms with Crippen molar-refractivity contribution in [2.75, 3.05) is 10.8 Å². The van der Waals surface area contributed by atoms with Gasteiger partial charge in [0.2, 0.25) is 0 Å². The molecule has 4 rings (SSSR count). The lowest BCUT2D eigenvalue weighted by molar-refractivity contribution is 0.0596. The van der Waals surface area contributed by atoms with E-state index >= 15 is 0 Å². The number of methoxy groups -OCH3 is 1. The molecular formula is C23H18N2O6S3. The number of hydrogen-bond acceptors (Lipinski definition) is 8. The predicted molar refractivity (Wildman–Crippen MR) is 129 cm³/mol. The van der Waals surface area contributed by atoms with Gasteiger partial charge in [-0.3, -0.25) is 0 Å². The molecule has 0 aliphatic carbocycles. The van der Waals surface area contributed by atoms with Gasteiger partial charge in [-0.25, -0.2) is 9.78 Å². The van der Waals surface area contributed by atoms with E-state index in [9.17, 15) is 21.6 Å². The molecule has 0 unspecified atom stereocenters. The van der Waals surface area contributed by atoms with Crippen LogP contribution in [0, 0.1) is 0 Å². The van der Waals surface area contributed by atoms with Gasteiger partial charge in [0, 0.05) is 5.56 Å². The maximum Gasteiger partial charge on any atom is 0.359 e. The molecule has 4 aromatic rings. The SMILES string of the molecule is COC(=O)c1nc(-c2ccccc2)sc1N(S(=O)(=O)c1ccccc1)S(=O)(=O)c1ccccc1. The Labute approximate surface area is 201 Å². The van der Waals surface area contributed by atoms with Crippen molar-refractivity contribution in [1.82, 2.24) is 4.98 Å². The summed E-state index contributed by atoms with van der Waals surface area (Å²) in [6.07, 6.45) is 0. The molecule has 0 aliphatic rings. The molecule has 0 N–H and O–H groups in total. The quantitative estimate of drug-likeness (QED) is 0.340. The number of thiazole rings is 1. The first kappa shape index (κ1) is 23.6. The highest BCUT2D eigenvalue weighted by atomic mass is 32.3. The number of esters is 1. The van der Waals surface area contributed by atoms with Crippen molar-refractivity contribution < 1.29 is 26.4 Å². The van der Waals surface area contributed by atoms with Crippen molar-refractivity contribution in [1.29, 1.82) is 0 Å². The molecule has 174 valence electrons. The maximum absolute atomic E-state index is 13.7. The van der Waals surface area contributed by atoms with Crippen LogP contribution in [-0.2, 0) is 24.8 Å². The van der Waals surface area contributed by atoms with E-state index in [1.54, 1.807) is 42.5 Å². The third kappa shape index (κ3) is 4.32. The summed E-state index contributed by atoms with van der Waals surface area (Å²) in [6, 6.07) is 22.9. The van der Waals surface area contributed by atoms with Gasteiger partial charge in [0.05, 0.1) is 16.9 Å². The molecule has 1 aromatic heterocycles. The van der Waals surface area contributed by atoms with E-state index in [4.69, 9.17) is 4.74 Å². The molecule has 0 radical (unpaired) electrons. The number of carbonyl (C=O) groups excluding carboxylic acids is 1. The van der Waals surface area contributed by atoms with Crippen LogP contribution in [0.3, 0.4) is 0 Å². The number of aromatic nitrogens is 1. The molecule has 1 heterocycles. The molecule has 0 saturated carbocycles. The van der Waals surface area contributed by atoms with Crippen molar-refractivity contribution in [2.24, 2.45) is 0 Å². The van der Waals surface area contributed by atoms with Crippen molar-refractivity contribution in [3.8, 4) is 10.6 Å². The van der Waals surface area contributed by atoms with Gasteiger partial charge >= 0.3 is 5.97 Å². The zero-order chi connectivity index (χ0) is 24.3. The fourth-order valence-corrected chi connectivity index (χ4v) is 8.32. The Bertz CT molecular complexity index is 1450. The van der Waals surface area contributed by atoms with Crippen LogP contribution in [-0.4, -0.2) is 34.9 Å². The Morgan fingerprint density at radius 3 is 1.65 bits per heavy atom. The van der Waals surface area contributed by atoms with Gasteiger partial charge in [-0.15, -0.1) is 3.71 Å². The van der Waals surface area contributed by atoms with E-state index in [1.807, 2.05) is 0 Å². The van der Waals surface area contributed by atoms with Gasteiger partial charge in [0.25, 0.3) is 20.0 Å². The number of anilines is 1. The van der Waals surface area contributed by atoms with Crippen molar-refractivity contribution in [3.63, 3.8) is 0 Å². The summed E-state index contributed by atoms with van der Waals surface area (Å²) in [5.74, 6) is -0.968. The number of benzene rings is 3. The average molecular weight is 515 g/mol. The molecule has 0 saturated heterocycles. The van der Waals surface area contributed by atoms with Crippen molar-refractivity contribution in [3.05, 3.63) is 96.7 Å². The molecule has 0 spiro atoms. The number of ether oxygens (including phenoxy) is 1. The third-order valence-corrected chi connectivity index (χ3v) is 10.2. The van der Waals surface area contributed by atoms with Crippen LogP contribution in [0.4, 0.5) is 5.00 Å². The first-order chi connectivity index (χ1) is 16.3. The monoisotopic (exact) mass is 514 g/mol. The van der Waals surface area contributed by atoms with Crippen LogP contribution in [0.25, 0.3) is 10.6 Å². The molecule has 0 atom stereocenters. The molecule has 3 aromatic carbocycles. The molecule has 0 aliphatic heterocycles. The highest BCUT2D eigenvalue weighted by Crippen LogP contribution is 2.40. The smallest absolute Gasteiger partial charge is 0.359 e. The van der Waals surface area contributed by atoms with Crippen molar-refractivity contribution in [2.45, 2.75) is 9.79 Å². The van der Waals surface area contributed by atoms with E-state index in [0.29, 0.717) is 5.56 Å². The molecule has 8 nitrogen and oxygen atoms in total. The lowest BCUT2D eigenvalue weighted by Crippen LogP contribution is -2.37. The van der Waals surface area contributed by atoms with Crippen LogP contribution >= 0.6 is 11.3 Å². The second kappa shape index (κ2) is 9.37. The Kier molecular flexibility index (Phi) is 6.51. The topological polar surface area (TPSA) is 111 Å². The fraction of sp³-hybridized carbons (Fsp3) is 0.0435. The van der Waals surface area contributed by atoms with Crippen LogP contribution in [0.5, 0.6) is 0 Å². The van der Waals surface area contributed by atoms with Gasteiger partial charge in [0.15, 0.2) is 10.7 Å². The van der Waals surface area contributed by atoms with Crippen molar-refractivity contribution >= 4 is 42.4 Å². The molecule has 0 amide bonds. The third-order valence-electron chi connectivity index (χ3n) is 4.69. The van der Waals surface area contributed by atoms with E-state index < -0.39 is 36.7 Å². The van der Waals surface area contributed by atoms with Crippen LogP contribution in [0.15, 0.2) is 101 Å². The summed E-state index contributed by atoms with van der Waals surface area (Å²) < 4.78 is 60.0. The van der Waals surface area contributed by atoms with Gasteiger partial charge in [-0.2, -0.15) is 16.8 Å². The average Bonchev–Trinajstić information content (AvgIpc) is 3.29. The number of hydrogen-bond donors (Lipinski definition) is 0. The van der Waals surface area contributed by atoms with Crippen LogP contribution in [0.1, 0.15) is 10.5 Å². The zero-order valence-electron chi connectivity index (χ0n) is 17.7. The van der Waals surface area contributed by atoms with Crippen LogP contribution < -0.4 is 3.71 Å². The molecular weight excluding hydrogens is 496 g/mol. The summed E-state index contributed by atoms with van der Waals surface area (Å²) in [5, 5.41) is -0.133. The van der Waals surface area contributed by atoms with Gasteiger partial charge in [-0.05, 0) is 24.3 Å². The number of nitrogens with zero attached hydrogens (tertiary/aromatic N) is 2. The Morgan fingerprint density at radius 1 is 0.765 bits per heavy atom. The first-order valence-corrected chi connectivity index (χ1v) is 13.5. The lowest BCUT2D eigenvalue weighted by atomic mass is 10.2. The number of carbonyl (C=O) groups is 1. The van der Waals surface area contributed by atoms with Gasteiger partial charge in [-0.1, -0.05) is 78.1 Å². The Hall–Kier alpha value is -3.54. The minimum Gasteiger partial charge on any atom is -0.464 e. The summed E-state index contributed by atoms with van der Waals surface area (Å²) in [6.45, 7) is 0. The second-order valence-electron chi connectivity index (χ2n) is 6.86. The predicted octanol–water partition coefficient (Wildman–Crippen LogP) is 4.18. The maximum atomic E-state index is 13.7. The van der Waals surface area contributed by atoms with Gasteiger partial charge < -0.3 is 4.74 Å². The molecule has 0 bridgehead atoms. The van der Waals surface area contributed by atoms with E-state index in [2.05, 4.69) is 4.98 Å². The fourth-order valence-electron chi connectivity index (χ4n) is 3.09. The first-order valence-electron chi connectivity index (χ1n) is 9.82. The molecule has 11 heteroatoms. The largest absolute Gasteiger partial charge is 0.464 e. The van der Waals surface area contributed by atoms with Gasteiger partial charge in [0.1, 0.15) is 5.01 Å². The summed E-state index contributed by atoms with van der Waals surface area (Å²) in [4.78, 5) is 16.3. The summed E-state index contributed by atoms with van der Waals surface area (Å²) in [5.41, 5.74) is 0.156. The molecule has 34 heavy (non-hydrogen) atoms. The normalized spacial score (nSPS) is 11.7.